The lowest BCUT2D eigenvalue weighted by Crippen LogP contribution is -2.37. The van der Waals surface area contributed by atoms with E-state index in [1.165, 1.54) is 36.5 Å². The fourth-order valence-corrected chi connectivity index (χ4v) is 1.76. The Balaban J connectivity index is 0.000000531. The zero-order valence-corrected chi connectivity index (χ0v) is 10.6. The van der Waals surface area contributed by atoms with Gasteiger partial charge < -0.3 is 4.90 Å². The Hall–Kier alpha value is -1.05. The van der Waals surface area contributed by atoms with E-state index >= 15 is 0 Å². The highest BCUT2D eigenvalue weighted by atomic mass is 15.2. The summed E-state index contributed by atoms with van der Waals surface area (Å²) in [6, 6.07) is 2.20. The molecule has 1 aliphatic heterocycles. The molecule has 1 aromatic heterocycles. The molecule has 1 aromatic rings. The van der Waals surface area contributed by atoms with Crippen molar-refractivity contribution < 1.29 is 0 Å². The van der Waals surface area contributed by atoms with Crippen LogP contribution >= 0.6 is 0 Å². The Morgan fingerprint density at radius 2 is 1.73 bits per heavy atom. The van der Waals surface area contributed by atoms with Crippen LogP contribution in [0.4, 0.5) is 5.69 Å². The maximum Gasteiger partial charge on any atom is 0.0432 e. The summed E-state index contributed by atoms with van der Waals surface area (Å²) in [5, 5.41) is 0. The van der Waals surface area contributed by atoms with Gasteiger partial charge in [-0.05, 0) is 38.8 Å². The number of anilines is 1. The second-order valence-electron chi connectivity index (χ2n) is 3.83. The summed E-state index contributed by atoms with van der Waals surface area (Å²) in [6.45, 7) is 12.7. The monoisotopic (exact) mass is 206 g/mol. The van der Waals surface area contributed by atoms with Crippen LogP contribution in [0.1, 0.15) is 37.2 Å². The molecule has 0 N–H and O–H groups in total. The molecule has 0 saturated carbocycles. The van der Waals surface area contributed by atoms with Gasteiger partial charge in [-0.15, -0.1) is 0 Å². The summed E-state index contributed by atoms with van der Waals surface area (Å²) in [5.41, 5.74) is 5.02. The third-order valence-corrected chi connectivity index (χ3v) is 2.81. The van der Waals surface area contributed by atoms with Crippen molar-refractivity contribution in [3.05, 3.63) is 23.0 Å². The Morgan fingerprint density at radius 1 is 1.13 bits per heavy atom. The van der Waals surface area contributed by atoms with Gasteiger partial charge in [-0.25, -0.2) is 0 Å². The molecular weight excluding hydrogens is 184 g/mol. The SMILES string of the molecule is CC.Cc1cc(N2CCC2)c(C)c(C)n1. The first-order chi connectivity index (χ1) is 7.18. The van der Waals surface area contributed by atoms with Gasteiger partial charge in [0, 0.05) is 30.2 Å². The number of nitrogens with zero attached hydrogens (tertiary/aromatic N) is 2. The third-order valence-electron chi connectivity index (χ3n) is 2.81. The molecule has 15 heavy (non-hydrogen) atoms. The molecule has 1 fully saturated rings. The summed E-state index contributed by atoms with van der Waals surface area (Å²) in [4.78, 5) is 6.88. The largest absolute Gasteiger partial charge is 0.371 e. The molecular formula is C13H22N2. The van der Waals surface area contributed by atoms with Gasteiger partial charge in [0.15, 0.2) is 0 Å². The standard InChI is InChI=1S/C11H16N2.C2H6/c1-8-7-11(13-5-4-6-13)9(2)10(3)12-8;1-2/h7H,4-6H2,1-3H3;1-2H3. The van der Waals surface area contributed by atoms with Gasteiger partial charge in [-0.2, -0.15) is 0 Å². The first-order valence-electron chi connectivity index (χ1n) is 5.88. The van der Waals surface area contributed by atoms with Crippen LogP contribution in [0, 0.1) is 20.8 Å². The molecule has 0 unspecified atom stereocenters. The van der Waals surface area contributed by atoms with E-state index in [0.717, 1.165) is 5.69 Å². The van der Waals surface area contributed by atoms with Crippen LogP contribution in [-0.2, 0) is 0 Å². The summed E-state index contributed by atoms with van der Waals surface area (Å²) in [5.74, 6) is 0. The fourth-order valence-electron chi connectivity index (χ4n) is 1.76. The average molecular weight is 206 g/mol. The van der Waals surface area contributed by atoms with Crippen molar-refractivity contribution in [3.8, 4) is 0 Å². The second-order valence-corrected chi connectivity index (χ2v) is 3.83. The Labute approximate surface area is 93.3 Å². The van der Waals surface area contributed by atoms with E-state index in [4.69, 9.17) is 0 Å². The highest BCUT2D eigenvalue weighted by Gasteiger charge is 2.17. The molecule has 0 aromatic carbocycles. The number of hydrogen-bond acceptors (Lipinski definition) is 2. The van der Waals surface area contributed by atoms with Gasteiger partial charge in [0.1, 0.15) is 0 Å². The number of hydrogen-bond donors (Lipinski definition) is 0. The normalized spacial score (nSPS) is 14.1. The van der Waals surface area contributed by atoms with Gasteiger partial charge in [0.05, 0.1) is 0 Å². The van der Waals surface area contributed by atoms with E-state index in [2.05, 4.69) is 36.7 Å². The van der Waals surface area contributed by atoms with Crippen LogP contribution in [0.25, 0.3) is 0 Å². The molecule has 2 heteroatoms. The fraction of sp³-hybridized carbons (Fsp3) is 0.615. The minimum Gasteiger partial charge on any atom is -0.371 e. The third kappa shape index (κ3) is 2.49. The predicted octanol–water partition coefficient (Wildman–Crippen LogP) is 3.24. The Kier molecular flexibility index (Phi) is 4.13. The maximum absolute atomic E-state index is 4.45. The van der Waals surface area contributed by atoms with Crippen molar-refractivity contribution >= 4 is 5.69 Å². The molecule has 1 aliphatic rings. The van der Waals surface area contributed by atoms with Crippen molar-refractivity contribution in [2.45, 2.75) is 41.0 Å². The molecule has 0 spiro atoms. The summed E-state index contributed by atoms with van der Waals surface area (Å²) in [7, 11) is 0. The number of aryl methyl sites for hydroxylation is 2. The van der Waals surface area contributed by atoms with Gasteiger partial charge in [-0.1, -0.05) is 13.8 Å². The lowest BCUT2D eigenvalue weighted by atomic mass is 10.1. The van der Waals surface area contributed by atoms with Crippen LogP contribution in [-0.4, -0.2) is 18.1 Å². The van der Waals surface area contributed by atoms with Gasteiger partial charge in [-0.3, -0.25) is 4.98 Å². The average Bonchev–Trinajstić information content (AvgIpc) is 2.14. The highest BCUT2D eigenvalue weighted by molar-refractivity contribution is 5.56. The smallest absolute Gasteiger partial charge is 0.0432 e. The van der Waals surface area contributed by atoms with Gasteiger partial charge in [0.25, 0.3) is 0 Å². The van der Waals surface area contributed by atoms with E-state index < -0.39 is 0 Å². The molecule has 0 bridgehead atoms. The highest BCUT2D eigenvalue weighted by Crippen LogP contribution is 2.26. The minimum absolute atomic E-state index is 1.13. The molecule has 1 saturated heterocycles. The first kappa shape index (κ1) is 12.0. The Morgan fingerprint density at radius 3 is 2.20 bits per heavy atom. The lowest BCUT2D eigenvalue weighted by molar-refractivity contribution is 0.615. The Bertz CT molecular complexity index is 328. The zero-order chi connectivity index (χ0) is 11.4. The molecule has 2 rings (SSSR count). The van der Waals surface area contributed by atoms with Crippen molar-refractivity contribution in [1.82, 2.24) is 4.98 Å². The van der Waals surface area contributed by atoms with E-state index in [1.54, 1.807) is 0 Å². The van der Waals surface area contributed by atoms with Crippen LogP contribution in [0.3, 0.4) is 0 Å². The summed E-state index contributed by atoms with van der Waals surface area (Å²) < 4.78 is 0. The van der Waals surface area contributed by atoms with Crippen LogP contribution in [0.15, 0.2) is 6.07 Å². The van der Waals surface area contributed by atoms with Crippen molar-refractivity contribution in [2.24, 2.45) is 0 Å². The van der Waals surface area contributed by atoms with E-state index in [0.29, 0.717) is 0 Å². The van der Waals surface area contributed by atoms with Crippen LogP contribution < -0.4 is 4.90 Å². The van der Waals surface area contributed by atoms with E-state index in [1.807, 2.05) is 13.8 Å². The molecule has 2 nitrogen and oxygen atoms in total. The molecule has 0 atom stereocenters. The molecule has 0 aliphatic carbocycles. The molecule has 2 heterocycles. The first-order valence-corrected chi connectivity index (χ1v) is 5.88. The summed E-state index contributed by atoms with van der Waals surface area (Å²) in [6.07, 6.45) is 1.33. The zero-order valence-electron chi connectivity index (χ0n) is 10.6. The van der Waals surface area contributed by atoms with E-state index in [9.17, 15) is 0 Å². The summed E-state index contributed by atoms with van der Waals surface area (Å²) >= 11 is 0. The minimum atomic E-state index is 1.13. The predicted molar refractivity (Wildman–Crippen MR) is 66.6 cm³/mol. The maximum atomic E-state index is 4.45. The van der Waals surface area contributed by atoms with Crippen molar-refractivity contribution in [3.63, 3.8) is 0 Å². The van der Waals surface area contributed by atoms with Crippen LogP contribution in [0.5, 0.6) is 0 Å². The lowest BCUT2D eigenvalue weighted by Gasteiger charge is -2.34. The quantitative estimate of drug-likeness (QED) is 0.701. The van der Waals surface area contributed by atoms with Crippen LogP contribution in [0.2, 0.25) is 0 Å². The molecule has 84 valence electrons. The van der Waals surface area contributed by atoms with Gasteiger partial charge in [0.2, 0.25) is 0 Å². The number of rotatable bonds is 1. The van der Waals surface area contributed by atoms with E-state index in [-0.39, 0.29) is 0 Å². The van der Waals surface area contributed by atoms with Crippen molar-refractivity contribution in [2.75, 3.05) is 18.0 Å². The molecule has 0 radical (unpaired) electrons. The number of pyridine rings is 1. The second kappa shape index (κ2) is 5.15. The topological polar surface area (TPSA) is 16.1 Å². The van der Waals surface area contributed by atoms with Gasteiger partial charge >= 0.3 is 0 Å². The van der Waals surface area contributed by atoms with Crippen molar-refractivity contribution in [1.29, 1.82) is 0 Å². The number of aromatic nitrogens is 1. The molecule has 0 amide bonds.